The van der Waals surface area contributed by atoms with Crippen LogP contribution in [0.4, 0.5) is 0 Å². The molecule has 2 saturated carbocycles. The lowest BCUT2D eigenvalue weighted by molar-refractivity contribution is 0.0337. The first-order valence-corrected chi connectivity index (χ1v) is 8.21. The van der Waals surface area contributed by atoms with Gasteiger partial charge in [0.15, 0.2) is 0 Å². The Morgan fingerprint density at radius 1 is 1.17 bits per heavy atom. The van der Waals surface area contributed by atoms with Gasteiger partial charge in [0, 0.05) is 12.1 Å². The number of hydrogen-bond acceptors (Lipinski definition) is 2. The fourth-order valence-corrected chi connectivity index (χ4v) is 4.04. The van der Waals surface area contributed by atoms with Crippen LogP contribution in [-0.4, -0.2) is 30.1 Å². The molecule has 0 aromatic carbocycles. The molecule has 0 heterocycles. The summed E-state index contributed by atoms with van der Waals surface area (Å²) < 4.78 is 0. The number of unbranched alkanes of at least 4 members (excludes halogenated alkanes) is 1. The first-order valence-electron chi connectivity index (χ1n) is 8.21. The molecule has 2 fully saturated rings. The molecule has 0 amide bonds. The molecule has 2 nitrogen and oxygen atoms in total. The summed E-state index contributed by atoms with van der Waals surface area (Å²) in [4.78, 5) is 2.71. The number of rotatable bonds is 7. The van der Waals surface area contributed by atoms with Gasteiger partial charge in [-0.3, -0.25) is 4.90 Å². The predicted molar refractivity (Wildman–Crippen MR) is 78.6 cm³/mol. The lowest BCUT2D eigenvalue weighted by atomic mass is 9.72. The molecule has 2 unspecified atom stereocenters. The van der Waals surface area contributed by atoms with Crippen molar-refractivity contribution >= 4 is 0 Å². The van der Waals surface area contributed by atoms with Crippen molar-refractivity contribution in [3.8, 4) is 0 Å². The normalized spacial score (nSPS) is 33.0. The predicted octanol–water partition coefficient (Wildman–Crippen LogP) is 3.41. The molecule has 106 valence electrons. The van der Waals surface area contributed by atoms with Gasteiger partial charge in [-0.15, -0.1) is 0 Å². The van der Waals surface area contributed by atoms with Crippen LogP contribution in [0, 0.1) is 11.8 Å². The summed E-state index contributed by atoms with van der Waals surface area (Å²) in [5, 5.41) is 0. The maximum atomic E-state index is 6.23. The molecule has 2 N–H and O–H groups in total. The average molecular weight is 252 g/mol. The molecule has 0 aromatic rings. The highest BCUT2D eigenvalue weighted by Gasteiger charge is 2.43. The van der Waals surface area contributed by atoms with E-state index in [1.807, 2.05) is 0 Å². The summed E-state index contributed by atoms with van der Waals surface area (Å²) in [5.41, 5.74) is 6.57. The molecule has 0 radical (unpaired) electrons. The molecule has 2 rings (SSSR count). The molecule has 0 saturated heterocycles. The maximum Gasteiger partial charge on any atom is 0.0334 e. The second-order valence-electron chi connectivity index (χ2n) is 6.56. The smallest absolute Gasteiger partial charge is 0.0334 e. The minimum atomic E-state index is 0.343. The van der Waals surface area contributed by atoms with Crippen LogP contribution >= 0.6 is 0 Å². The Hall–Kier alpha value is -0.0800. The highest BCUT2D eigenvalue weighted by Crippen LogP contribution is 2.47. The van der Waals surface area contributed by atoms with Gasteiger partial charge in [-0.25, -0.2) is 0 Å². The van der Waals surface area contributed by atoms with E-state index in [1.165, 1.54) is 64.5 Å². The Morgan fingerprint density at radius 2 is 1.94 bits per heavy atom. The Morgan fingerprint density at radius 3 is 2.50 bits per heavy atom. The van der Waals surface area contributed by atoms with E-state index in [4.69, 9.17) is 5.73 Å². The van der Waals surface area contributed by atoms with Crippen molar-refractivity contribution in [3.63, 3.8) is 0 Å². The number of nitrogens with two attached hydrogens (primary N) is 1. The van der Waals surface area contributed by atoms with Crippen molar-refractivity contribution in [2.24, 2.45) is 17.6 Å². The highest BCUT2D eigenvalue weighted by atomic mass is 15.2. The van der Waals surface area contributed by atoms with Gasteiger partial charge in [-0.1, -0.05) is 33.1 Å². The van der Waals surface area contributed by atoms with Crippen LogP contribution in [0.5, 0.6) is 0 Å². The summed E-state index contributed by atoms with van der Waals surface area (Å²) in [6.07, 6.45) is 11.2. The Bertz CT molecular complexity index is 249. The third-order valence-corrected chi connectivity index (χ3v) is 5.36. The van der Waals surface area contributed by atoms with E-state index in [0.717, 1.165) is 18.4 Å². The molecule has 2 atom stereocenters. The zero-order chi connectivity index (χ0) is 13.0. The monoisotopic (exact) mass is 252 g/mol. The molecule has 2 heteroatoms. The van der Waals surface area contributed by atoms with E-state index in [-0.39, 0.29) is 0 Å². The van der Waals surface area contributed by atoms with Crippen molar-refractivity contribution in [3.05, 3.63) is 0 Å². The molecule has 0 aromatic heterocycles. The quantitative estimate of drug-likeness (QED) is 0.752. The summed E-state index contributed by atoms with van der Waals surface area (Å²) >= 11 is 0. The average Bonchev–Trinajstić information content (AvgIpc) is 3.24. The standard InChI is InChI=1S/C16H32N2/c1-3-5-11-18(4-2)16(13-17)10-6-7-15(12-16)14-8-9-14/h14-15H,3-13,17H2,1-2H3. The van der Waals surface area contributed by atoms with Gasteiger partial charge in [0.2, 0.25) is 0 Å². The molecule has 2 aliphatic carbocycles. The van der Waals surface area contributed by atoms with E-state index in [0.29, 0.717) is 5.54 Å². The Balaban J connectivity index is 2.01. The van der Waals surface area contributed by atoms with Crippen LogP contribution in [-0.2, 0) is 0 Å². The lowest BCUT2D eigenvalue weighted by Crippen LogP contribution is -2.56. The fourth-order valence-electron chi connectivity index (χ4n) is 4.04. The number of nitrogens with zero attached hydrogens (tertiary/aromatic N) is 1. The van der Waals surface area contributed by atoms with Crippen molar-refractivity contribution in [2.45, 2.75) is 70.8 Å². The second-order valence-corrected chi connectivity index (χ2v) is 6.56. The van der Waals surface area contributed by atoms with Crippen molar-refractivity contribution in [1.29, 1.82) is 0 Å². The lowest BCUT2D eigenvalue weighted by Gasteiger charge is -2.48. The van der Waals surface area contributed by atoms with Gasteiger partial charge in [0.1, 0.15) is 0 Å². The summed E-state index contributed by atoms with van der Waals surface area (Å²) in [5.74, 6) is 2.04. The van der Waals surface area contributed by atoms with E-state index < -0.39 is 0 Å². The minimum Gasteiger partial charge on any atom is -0.329 e. The fraction of sp³-hybridized carbons (Fsp3) is 1.00. The van der Waals surface area contributed by atoms with E-state index in [2.05, 4.69) is 18.7 Å². The van der Waals surface area contributed by atoms with Crippen molar-refractivity contribution < 1.29 is 0 Å². The molecule has 2 aliphatic rings. The maximum absolute atomic E-state index is 6.23. The third-order valence-electron chi connectivity index (χ3n) is 5.36. The number of hydrogen-bond donors (Lipinski definition) is 1. The zero-order valence-corrected chi connectivity index (χ0v) is 12.5. The molecule has 0 bridgehead atoms. The topological polar surface area (TPSA) is 29.3 Å². The summed E-state index contributed by atoms with van der Waals surface area (Å²) in [7, 11) is 0. The zero-order valence-electron chi connectivity index (χ0n) is 12.5. The van der Waals surface area contributed by atoms with E-state index in [1.54, 1.807) is 0 Å². The van der Waals surface area contributed by atoms with Gasteiger partial charge < -0.3 is 5.73 Å². The van der Waals surface area contributed by atoms with Crippen LogP contribution in [0.1, 0.15) is 65.2 Å². The minimum absolute atomic E-state index is 0.343. The molecule has 18 heavy (non-hydrogen) atoms. The first kappa shape index (κ1) is 14.3. The number of likely N-dealkylation sites (N-methyl/N-ethyl adjacent to an activating group) is 1. The van der Waals surface area contributed by atoms with Crippen molar-refractivity contribution in [2.75, 3.05) is 19.6 Å². The summed E-state index contributed by atoms with van der Waals surface area (Å²) in [6, 6.07) is 0. The summed E-state index contributed by atoms with van der Waals surface area (Å²) in [6.45, 7) is 7.90. The largest absolute Gasteiger partial charge is 0.329 e. The van der Waals surface area contributed by atoms with Gasteiger partial charge in [0.25, 0.3) is 0 Å². The van der Waals surface area contributed by atoms with Gasteiger partial charge in [0.05, 0.1) is 0 Å². The van der Waals surface area contributed by atoms with Crippen LogP contribution in [0.25, 0.3) is 0 Å². The van der Waals surface area contributed by atoms with Crippen LogP contribution in [0.3, 0.4) is 0 Å². The van der Waals surface area contributed by atoms with Crippen LogP contribution in [0.2, 0.25) is 0 Å². The Labute approximate surface area is 113 Å². The van der Waals surface area contributed by atoms with Crippen LogP contribution < -0.4 is 5.73 Å². The van der Waals surface area contributed by atoms with E-state index in [9.17, 15) is 0 Å². The SMILES string of the molecule is CCCCN(CC)C1(CN)CCCC(C2CC2)C1. The van der Waals surface area contributed by atoms with Crippen molar-refractivity contribution in [1.82, 2.24) is 4.90 Å². The van der Waals surface area contributed by atoms with Gasteiger partial charge in [-0.05, 0) is 57.0 Å². The highest BCUT2D eigenvalue weighted by molar-refractivity contribution is 4.99. The molecule has 0 aliphatic heterocycles. The van der Waals surface area contributed by atoms with E-state index >= 15 is 0 Å². The second kappa shape index (κ2) is 6.38. The molecule has 0 spiro atoms. The first-order chi connectivity index (χ1) is 8.75. The molecular formula is C16H32N2. The molecular weight excluding hydrogens is 220 g/mol. The Kier molecular flexibility index (Phi) is 5.08. The third kappa shape index (κ3) is 3.08. The van der Waals surface area contributed by atoms with Gasteiger partial charge >= 0.3 is 0 Å². The van der Waals surface area contributed by atoms with Gasteiger partial charge in [-0.2, -0.15) is 0 Å². The van der Waals surface area contributed by atoms with Crippen LogP contribution in [0.15, 0.2) is 0 Å².